The predicted octanol–water partition coefficient (Wildman–Crippen LogP) is 2.30. The van der Waals surface area contributed by atoms with Crippen LogP contribution in [0.2, 0.25) is 5.02 Å². The van der Waals surface area contributed by atoms with Gasteiger partial charge in [0.15, 0.2) is 0 Å². The first-order valence-electron chi connectivity index (χ1n) is 5.48. The maximum Gasteiger partial charge on any atom is 0.213 e. The van der Waals surface area contributed by atoms with Crippen molar-refractivity contribution < 1.29 is 0 Å². The average molecular weight is 284 g/mol. The second kappa shape index (κ2) is 5.69. The summed E-state index contributed by atoms with van der Waals surface area (Å²) in [4.78, 5) is 0.946. The quantitative estimate of drug-likeness (QED) is 0.933. The number of tetrazole rings is 1. The van der Waals surface area contributed by atoms with Gasteiger partial charge in [0, 0.05) is 18.0 Å². The zero-order valence-electron chi connectivity index (χ0n) is 10.4. The number of aryl methyl sites for hydroxylation is 1. The smallest absolute Gasteiger partial charge is 0.213 e. The van der Waals surface area contributed by atoms with E-state index in [0.29, 0.717) is 10.2 Å². The van der Waals surface area contributed by atoms with Crippen molar-refractivity contribution in [2.75, 3.05) is 7.05 Å². The van der Waals surface area contributed by atoms with Crippen LogP contribution in [0.1, 0.15) is 18.5 Å². The molecule has 18 heavy (non-hydrogen) atoms. The summed E-state index contributed by atoms with van der Waals surface area (Å²) in [5, 5.41) is 15.9. The number of nitrogens with one attached hydrogen (secondary N) is 1. The van der Waals surface area contributed by atoms with E-state index >= 15 is 0 Å². The van der Waals surface area contributed by atoms with Gasteiger partial charge in [-0.25, -0.2) is 4.68 Å². The van der Waals surface area contributed by atoms with E-state index in [4.69, 9.17) is 11.6 Å². The Morgan fingerprint density at radius 3 is 2.78 bits per heavy atom. The molecule has 0 spiro atoms. The molecule has 1 aromatic heterocycles. The Bertz CT molecular complexity index is 542. The van der Waals surface area contributed by atoms with Crippen molar-refractivity contribution in [2.45, 2.75) is 23.0 Å². The molecule has 7 heteroatoms. The molecule has 0 radical (unpaired) electrons. The van der Waals surface area contributed by atoms with Crippen molar-refractivity contribution in [3.63, 3.8) is 0 Å². The largest absolute Gasteiger partial charge is 0.313 e. The van der Waals surface area contributed by atoms with Crippen molar-refractivity contribution in [1.82, 2.24) is 25.5 Å². The fourth-order valence-corrected chi connectivity index (χ4v) is 2.48. The highest BCUT2D eigenvalue weighted by Gasteiger charge is 2.10. The third kappa shape index (κ3) is 2.82. The number of hydrogen-bond donors (Lipinski definition) is 1. The monoisotopic (exact) mass is 283 g/mol. The van der Waals surface area contributed by atoms with Crippen LogP contribution in [0.4, 0.5) is 0 Å². The van der Waals surface area contributed by atoms with E-state index in [1.165, 1.54) is 11.8 Å². The molecule has 0 aliphatic rings. The van der Waals surface area contributed by atoms with Crippen LogP contribution in [0.25, 0.3) is 0 Å². The maximum atomic E-state index is 6.27. The van der Waals surface area contributed by atoms with Gasteiger partial charge in [0.2, 0.25) is 5.16 Å². The summed E-state index contributed by atoms with van der Waals surface area (Å²) < 4.78 is 1.62. The van der Waals surface area contributed by atoms with Gasteiger partial charge in [-0.15, -0.1) is 5.10 Å². The molecule has 1 N–H and O–H groups in total. The minimum absolute atomic E-state index is 0.276. The summed E-state index contributed by atoms with van der Waals surface area (Å²) in [5.41, 5.74) is 1.16. The Hall–Kier alpha value is -1.11. The fourth-order valence-electron chi connectivity index (χ4n) is 1.44. The highest BCUT2D eigenvalue weighted by atomic mass is 35.5. The molecule has 5 nitrogen and oxygen atoms in total. The molecule has 1 heterocycles. The van der Waals surface area contributed by atoms with Gasteiger partial charge in [-0.2, -0.15) is 0 Å². The zero-order chi connectivity index (χ0) is 13.1. The van der Waals surface area contributed by atoms with E-state index < -0.39 is 0 Å². The lowest BCUT2D eigenvalue weighted by Crippen LogP contribution is -2.12. The molecular weight excluding hydrogens is 270 g/mol. The average Bonchev–Trinajstić information content (AvgIpc) is 2.76. The lowest BCUT2D eigenvalue weighted by Gasteiger charge is -2.12. The Kier molecular flexibility index (Phi) is 4.21. The van der Waals surface area contributed by atoms with E-state index in [0.717, 1.165) is 10.5 Å². The minimum Gasteiger partial charge on any atom is -0.313 e. The SMILES string of the molecule is CNC(C)c1ccc(Sc2nnnn2C)c(Cl)c1. The molecule has 0 amide bonds. The first-order valence-corrected chi connectivity index (χ1v) is 6.68. The summed E-state index contributed by atoms with van der Waals surface area (Å²) in [6.45, 7) is 2.09. The summed E-state index contributed by atoms with van der Waals surface area (Å²) in [5.74, 6) is 0. The van der Waals surface area contributed by atoms with Crippen LogP contribution < -0.4 is 5.32 Å². The molecule has 2 aromatic rings. The second-order valence-electron chi connectivity index (χ2n) is 3.89. The van der Waals surface area contributed by atoms with Crippen LogP contribution in [-0.2, 0) is 7.05 Å². The van der Waals surface area contributed by atoms with Crippen LogP contribution >= 0.6 is 23.4 Å². The van der Waals surface area contributed by atoms with Crippen molar-refractivity contribution in [1.29, 1.82) is 0 Å². The summed E-state index contributed by atoms with van der Waals surface area (Å²) in [7, 11) is 3.72. The summed E-state index contributed by atoms with van der Waals surface area (Å²) in [6.07, 6.45) is 0. The normalized spacial score (nSPS) is 12.7. The van der Waals surface area contributed by atoms with Crippen LogP contribution in [-0.4, -0.2) is 27.3 Å². The number of nitrogens with zero attached hydrogens (tertiary/aromatic N) is 4. The first-order chi connectivity index (χ1) is 8.61. The number of rotatable bonds is 4. The van der Waals surface area contributed by atoms with E-state index in [2.05, 4.69) is 33.8 Å². The Morgan fingerprint density at radius 1 is 1.44 bits per heavy atom. The highest BCUT2D eigenvalue weighted by molar-refractivity contribution is 7.99. The van der Waals surface area contributed by atoms with Crippen LogP contribution in [0.5, 0.6) is 0 Å². The summed E-state index contributed by atoms with van der Waals surface area (Å²) >= 11 is 7.72. The first kappa shape index (κ1) is 13.3. The molecule has 0 saturated carbocycles. The van der Waals surface area contributed by atoms with Gasteiger partial charge in [-0.3, -0.25) is 0 Å². The van der Waals surface area contributed by atoms with E-state index in [-0.39, 0.29) is 6.04 Å². The number of benzene rings is 1. The molecule has 0 aliphatic heterocycles. The number of halogens is 1. The van der Waals surface area contributed by atoms with Gasteiger partial charge in [-0.05, 0) is 53.9 Å². The lowest BCUT2D eigenvalue weighted by molar-refractivity contribution is 0.651. The van der Waals surface area contributed by atoms with Gasteiger partial charge in [-0.1, -0.05) is 17.7 Å². The maximum absolute atomic E-state index is 6.27. The number of aromatic nitrogens is 4. The van der Waals surface area contributed by atoms with Gasteiger partial charge < -0.3 is 5.32 Å². The van der Waals surface area contributed by atoms with Crippen molar-refractivity contribution in [3.8, 4) is 0 Å². The number of hydrogen-bond acceptors (Lipinski definition) is 5. The summed E-state index contributed by atoms with van der Waals surface area (Å²) in [6, 6.07) is 6.29. The molecule has 2 rings (SSSR count). The van der Waals surface area contributed by atoms with Gasteiger partial charge >= 0.3 is 0 Å². The topological polar surface area (TPSA) is 55.6 Å². The van der Waals surface area contributed by atoms with E-state index in [9.17, 15) is 0 Å². The molecule has 1 aromatic carbocycles. The molecule has 0 fully saturated rings. The standard InChI is InChI=1S/C11H14ClN5S/c1-7(13-2)8-4-5-10(9(12)6-8)18-11-14-15-16-17(11)3/h4-7,13H,1-3H3. The van der Waals surface area contributed by atoms with Crippen molar-refractivity contribution >= 4 is 23.4 Å². The third-order valence-corrected chi connectivity index (χ3v) is 4.20. The zero-order valence-corrected chi connectivity index (χ0v) is 12.0. The molecule has 0 saturated heterocycles. The van der Waals surface area contributed by atoms with E-state index in [1.54, 1.807) is 11.7 Å². The molecule has 0 aliphatic carbocycles. The van der Waals surface area contributed by atoms with Gasteiger partial charge in [0.05, 0.1) is 5.02 Å². The third-order valence-electron chi connectivity index (χ3n) is 2.67. The van der Waals surface area contributed by atoms with E-state index in [1.807, 2.05) is 19.2 Å². The Morgan fingerprint density at radius 2 is 2.22 bits per heavy atom. The minimum atomic E-state index is 0.276. The van der Waals surface area contributed by atoms with Crippen LogP contribution in [0.3, 0.4) is 0 Å². The lowest BCUT2D eigenvalue weighted by atomic mass is 10.1. The van der Waals surface area contributed by atoms with Crippen LogP contribution in [0, 0.1) is 0 Å². The molecular formula is C11H14ClN5S. The molecule has 0 bridgehead atoms. The Balaban J connectivity index is 2.23. The van der Waals surface area contributed by atoms with Crippen LogP contribution in [0.15, 0.2) is 28.3 Å². The van der Waals surface area contributed by atoms with Gasteiger partial charge in [0.1, 0.15) is 0 Å². The van der Waals surface area contributed by atoms with Crippen molar-refractivity contribution in [2.24, 2.45) is 7.05 Å². The Labute approximate surface area is 115 Å². The van der Waals surface area contributed by atoms with Gasteiger partial charge in [0.25, 0.3) is 0 Å². The molecule has 96 valence electrons. The molecule has 1 atom stereocenters. The highest BCUT2D eigenvalue weighted by Crippen LogP contribution is 2.33. The second-order valence-corrected chi connectivity index (χ2v) is 5.30. The predicted molar refractivity (Wildman–Crippen MR) is 71.8 cm³/mol. The molecule has 1 unspecified atom stereocenters. The fraction of sp³-hybridized carbons (Fsp3) is 0.364. The van der Waals surface area contributed by atoms with Crippen molar-refractivity contribution in [3.05, 3.63) is 28.8 Å².